The molecule has 1 aliphatic rings. The maximum atomic E-state index is 12.4. The van der Waals surface area contributed by atoms with Crippen LogP contribution >= 0.6 is 15.9 Å². The molecule has 0 bridgehead atoms. The molecule has 0 radical (unpaired) electrons. The van der Waals surface area contributed by atoms with E-state index >= 15 is 0 Å². The molecule has 16 heavy (non-hydrogen) atoms. The average Bonchev–Trinajstić information content (AvgIpc) is 2.49. The molecular formula is C10H14BrF2N3. The second-order valence-corrected chi connectivity index (χ2v) is 4.81. The molecule has 1 atom stereocenters. The van der Waals surface area contributed by atoms with Crippen LogP contribution < -0.4 is 0 Å². The van der Waals surface area contributed by atoms with E-state index in [1.54, 1.807) is 4.90 Å². The van der Waals surface area contributed by atoms with Crippen LogP contribution in [0, 0.1) is 6.92 Å². The van der Waals surface area contributed by atoms with Gasteiger partial charge in [0, 0.05) is 13.1 Å². The van der Waals surface area contributed by atoms with Gasteiger partial charge in [0.2, 0.25) is 0 Å². The van der Waals surface area contributed by atoms with Crippen molar-refractivity contribution in [1.82, 2.24) is 14.5 Å². The van der Waals surface area contributed by atoms with Crippen LogP contribution in [-0.2, 0) is 6.54 Å². The number of fused-ring (bicyclic) bond motifs is 1. The van der Waals surface area contributed by atoms with E-state index < -0.39 is 6.43 Å². The summed E-state index contributed by atoms with van der Waals surface area (Å²) in [6.07, 6.45) is -2.28. The Morgan fingerprint density at radius 2 is 2.19 bits per heavy atom. The molecule has 0 saturated carbocycles. The van der Waals surface area contributed by atoms with Gasteiger partial charge in [-0.1, -0.05) is 0 Å². The molecule has 0 saturated heterocycles. The predicted octanol–water partition coefficient (Wildman–Crippen LogP) is 2.60. The molecule has 1 aromatic heterocycles. The topological polar surface area (TPSA) is 21.1 Å². The molecule has 90 valence electrons. The third kappa shape index (κ3) is 2.00. The molecule has 0 N–H and O–H groups in total. The van der Waals surface area contributed by atoms with Crippen LogP contribution in [0.25, 0.3) is 0 Å². The molecule has 1 aromatic rings. The molecule has 0 aliphatic carbocycles. The highest BCUT2D eigenvalue weighted by molar-refractivity contribution is 9.10. The van der Waals surface area contributed by atoms with E-state index in [1.165, 1.54) is 0 Å². The molecule has 0 amide bonds. The fourth-order valence-corrected chi connectivity index (χ4v) is 2.57. The van der Waals surface area contributed by atoms with Gasteiger partial charge in [0.25, 0.3) is 6.43 Å². The van der Waals surface area contributed by atoms with Gasteiger partial charge >= 0.3 is 0 Å². The minimum Gasteiger partial charge on any atom is -0.320 e. The van der Waals surface area contributed by atoms with Gasteiger partial charge in [-0.15, -0.1) is 0 Å². The summed E-state index contributed by atoms with van der Waals surface area (Å²) in [5, 5.41) is 0. The number of imidazole rings is 1. The second-order valence-electron chi connectivity index (χ2n) is 4.06. The number of aryl methyl sites for hydroxylation is 1. The lowest BCUT2D eigenvalue weighted by atomic mass is 10.2. The number of halogens is 3. The highest BCUT2D eigenvalue weighted by Gasteiger charge is 2.29. The predicted molar refractivity (Wildman–Crippen MR) is 60.7 cm³/mol. The standard InChI is InChI=1S/C10H14BrF2N3/c1-6-9(11)16-4-3-15(5-8(12)13)7(2)10(16)14-6/h7-8H,3-5H2,1-2H3. The number of nitrogens with zero attached hydrogens (tertiary/aromatic N) is 3. The molecule has 0 aromatic carbocycles. The first kappa shape index (κ1) is 12.0. The summed E-state index contributed by atoms with van der Waals surface area (Å²) >= 11 is 3.47. The van der Waals surface area contributed by atoms with Gasteiger partial charge < -0.3 is 4.57 Å². The molecule has 2 rings (SSSR count). The number of aromatic nitrogens is 2. The van der Waals surface area contributed by atoms with Gasteiger partial charge in [-0.05, 0) is 29.8 Å². The zero-order valence-corrected chi connectivity index (χ0v) is 10.8. The van der Waals surface area contributed by atoms with E-state index in [0.717, 1.165) is 16.1 Å². The number of hydrogen-bond acceptors (Lipinski definition) is 2. The summed E-state index contributed by atoms with van der Waals surface area (Å²) in [5.74, 6) is 0.872. The van der Waals surface area contributed by atoms with Gasteiger partial charge in [-0.25, -0.2) is 13.8 Å². The number of rotatable bonds is 2. The first-order valence-corrected chi connectivity index (χ1v) is 6.04. The Hall–Kier alpha value is -0.490. The Morgan fingerprint density at radius 1 is 1.50 bits per heavy atom. The first-order valence-electron chi connectivity index (χ1n) is 5.25. The van der Waals surface area contributed by atoms with Crippen molar-refractivity contribution in [2.24, 2.45) is 0 Å². The van der Waals surface area contributed by atoms with Crippen LogP contribution in [0.5, 0.6) is 0 Å². The van der Waals surface area contributed by atoms with Crippen LogP contribution in [-0.4, -0.2) is 34.0 Å². The van der Waals surface area contributed by atoms with Crippen molar-refractivity contribution in [2.45, 2.75) is 32.9 Å². The number of hydrogen-bond donors (Lipinski definition) is 0. The summed E-state index contributed by atoms with van der Waals surface area (Å²) < 4.78 is 27.8. The third-order valence-electron chi connectivity index (χ3n) is 3.00. The smallest absolute Gasteiger partial charge is 0.251 e. The van der Waals surface area contributed by atoms with Crippen molar-refractivity contribution in [1.29, 1.82) is 0 Å². The zero-order chi connectivity index (χ0) is 11.9. The normalized spacial score (nSPS) is 21.5. The van der Waals surface area contributed by atoms with Crippen LogP contribution in [0.1, 0.15) is 24.5 Å². The lowest BCUT2D eigenvalue weighted by molar-refractivity contribution is 0.0550. The lowest BCUT2D eigenvalue weighted by Crippen LogP contribution is -2.39. The molecule has 0 spiro atoms. The van der Waals surface area contributed by atoms with Gasteiger partial charge in [0.15, 0.2) is 0 Å². The van der Waals surface area contributed by atoms with Gasteiger partial charge in [0.1, 0.15) is 10.4 Å². The van der Waals surface area contributed by atoms with Gasteiger partial charge in [0.05, 0.1) is 18.3 Å². The van der Waals surface area contributed by atoms with E-state index in [9.17, 15) is 8.78 Å². The molecule has 0 fully saturated rings. The van der Waals surface area contributed by atoms with Crippen LogP contribution in [0.3, 0.4) is 0 Å². The van der Waals surface area contributed by atoms with Crippen molar-refractivity contribution in [3.8, 4) is 0 Å². The third-order valence-corrected chi connectivity index (χ3v) is 4.00. The molecular weight excluding hydrogens is 280 g/mol. The molecule has 6 heteroatoms. The maximum Gasteiger partial charge on any atom is 0.251 e. The minimum atomic E-state index is -2.28. The Balaban J connectivity index is 2.25. The summed E-state index contributed by atoms with van der Waals surface area (Å²) in [4.78, 5) is 6.20. The van der Waals surface area contributed by atoms with E-state index in [-0.39, 0.29) is 12.6 Å². The van der Waals surface area contributed by atoms with E-state index in [2.05, 4.69) is 25.5 Å². The Kier molecular flexibility index (Phi) is 3.30. The quantitative estimate of drug-likeness (QED) is 0.836. The zero-order valence-electron chi connectivity index (χ0n) is 9.25. The lowest BCUT2D eigenvalue weighted by Gasteiger charge is -2.33. The van der Waals surface area contributed by atoms with Crippen LogP contribution in [0.15, 0.2) is 4.60 Å². The van der Waals surface area contributed by atoms with Crippen molar-refractivity contribution < 1.29 is 8.78 Å². The summed E-state index contributed by atoms with van der Waals surface area (Å²) in [7, 11) is 0. The second kappa shape index (κ2) is 4.41. The summed E-state index contributed by atoms with van der Waals surface area (Å²) in [6, 6.07) is -0.0484. The van der Waals surface area contributed by atoms with Crippen molar-refractivity contribution >= 4 is 15.9 Å². The van der Waals surface area contributed by atoms with Crippen LogP contribution in [0.4, 0.5) is 8.78 Å². The highest BCUT2D eigenvalue weighted by atomic mass is 79.9. The Morgan fingerprint density at radius 3 is 2.81 bits per heavy atom. The van der Waals surface area contributed by atoms with Gasteiger partial charge in [-0.2, -0.15) is 0 Å². The monoisotopic (exact) mass is 293 g/mol. The SMILES string of the molecule is Cc1nc2n(c1Br)CCN(CC(F)F)C2C. The van der Waals surface area contributed by atoms with Crippen molar-refractivity contribution in [3.63, 3.8) is 0 Å². The average molecular weight is 294 g/mol. The fraction of sp³-hybridized carbons (Fsp3) is 0.700. The molecule has 2 heterocycles. The van der Waals surface area contributed by atoms with E-state index in [1.807, 2.05) is 13.8 Å². The first-order chi connectivity index (χ1) is 7.50. The van der Waals surface area contributed by atoms with Gasteiger partial charge in [-0.3, -0.25) is 4.90 Å². The fourth-order valence-electron chi connectivity index (χ4n) is 2.12. The van der Waals surface area contributed by atoms with Crippen LogP contribution in [0.2, 0.25) is 0 Å². The minimum absolute atomic E-state index is 0.0484. The Bertz CT molecular complexity index is 392. The molecule has 3 nitrogen and oxygen atoms in total. The summed E-state index contributed by atoms with van der Waals surface area (Å²) in [5.41, 5.74) is 0.917. The molecule has 1 aliphatic heterocycles. The maximum absolute atomic E-state index is 12.4. The van der Waals surface area contributed by atoms with Crippen molar-refractivity contribution in [2.75, 3.05) is 13.1 Å². The number of alkyl halides is 2. The largest absolute Gasteiger partial charge is 0.320 e. The molecule has 1 unspecified atom stereocenters. The summed E-state index contributed by atoms with van der Waals surface area (Å²) in [6.45, 7) is 5.03. The Labute approximate surface area is 102 Å². The highest BCUT2D eigenvalue weighted by Crippen LogP contribution is 2.29. The van der Waals surface area contributed by atoms with E-state index in [4.69, 9.17) is 0 Å². The van der Waals surface area contributed by atoms with E-state index in [0.29, 0.717) is 13.1 Å². The van der Waals surface area contributed by atoms with Crippen molar-refractivity contribution in [3.05, 3.63) is 16.1 Å².